The maximum Gasteiger partial charge on any atom is 0.120 e. The van der Waals surface area contributed by atoms with Gasteiger partial charge in [0.2, 0.25) is 0 Å². The first-order valence-electron chi connectivity index (χ1n) is 12.9. The summed E-state index contributed by atoms with van der Waals surface area (Å²) in [5.41, 5.74) is 4.37. The van der Waals surface area contributed by atoms with Crippen LogP contribution < -0.4 is 9.47 Å². The molecule has 0 aromatic heterocycles. The Morgan fingerprint density at radius 3 is 1.35 bits per heavy atom. The molecule has 0 N–H and O–H groups in total. The molecular weight excluding hydrogens is 424 g/mol. The highest BCUT2D eigenvalue weighted by Gasteiger charge is 2.26. The first kappa shape index (κ1) is 28.2. The van der Waals surface area contributed by atoms with Crippen LogP contribution in [0, 0.1) is 0 Å². The zero-order chi connectivity index (χ0) is 25.2. The van der Waals surface area contributed by atoms with Crippen molar-refractivity contribution < 1.29 is 18.9 Å². The van der Waals surface area contributed by atoms with E-state index in [-0.39, 0.29) is 0 Å². The van der Waals surface area contributed by atoms with Gasteiger partial charge in [0.15, 0.2) is 0 Å². The van der Waals surface area contributed by atoms with Gasteiger partial charge in [0.1, 0.15) is 24.7 Å². The normalized spacial score (nSPS) is 12.1. The van der Waals surface area contributed by atoms with Crippen LogP contribution in [0.15, 0.2) is 36.4 Å². The molecule has 0 spiro atoms. The molecule has 0 aliphatic heterocycles. The van der Waals surface area contributed by atoms with Gasteiger partial charge < -0.3 is 18.9 Å². The second kappa shape index (κ2) is 13.2. The van der Waals surface area contributed by atoms with Gasteiger partial charge >= 0.3 is 0 Å². The van der Waals surface area contributed by atoms with Gasteiger partial charge in [-0.2, -0.15) is 0 Å². The number of benzene rings is 2. The zero-order valence-corrected chi connectivity index (χ0v) is 22.8. The Hall–Kier alpha value is -2.04. The Labute approximate surface area is 208 Å². The van der Waals surface area contributed by atoms with Crippen molar-refractivity contribution in [3.05, 3.63) is 58.7 Å². The summed E-state index contributed by atoms with van der Waals surface area (Å²) in [6.07, 6.45) is 4.02. The maximum absolute atomic E-state index is 6.21. The molecule has 0 saturated carbocycles. The summed E-state index contributed by atoms with van der Waals surface area (Å²) in [6, 6.07) is 13.0. The minimum Gasteiger partial charge on any atom is -0.491 e. The molecule has 0 aliphatic rings. The average Bonchev–Trinajstić information content (AvgIpc) is 2.84. The minimum atomic E-state index is -0.428. The van der Waals surface area contributed by atoms with Crippen LogP contribution >= 0.6 is 0 Å². The van der Waals surface area contributed by atoms with Crippen LogP contribution in [0.4, 0.5) is 0 Å². The predicted molar refractivity (Wildman–Crippen MR) is 141 cm³/mol. The first-order valence-corrected chi connectivity index (χ1v) is 12.9. The standard InChI is InChI=1S/C30H46O4/c1-9-23-15-24(10-2)18-27(17-23)31-13-14-33-30(7,8)22-34-29(5,6)21-32-28-19-25(11-3)16-26(12-4)20-28/h15-20H,9-14,21-22H2,1-8H3. The monoisotopic (exact) mass is 470 g/mol. The first-order chi connectivity index (χ1) is 16.1. The van der Waals surface area contributed by atoms with E-state index in [1.807, 2.05) is 0 Å². The quantitative estimate of drug-likeness (QED) is 0.263. The minimum absolute atomic E-state index is 0.419. The van der Waals surface area contributed by atoms with Crippen molar-refractivity contribution in [1.29, 1.82) is 0 Å². The summed E-state index contributed by atoms with van der Waals surface area (Å²) >= 11 is 0. The third-order valence-corrected chi connectivity index (χ3v) is 5.93. The number of hydrogen-bond donors (Lipinski definition) is 0. The van der Waals surface area contributed by atoms with E-state index in [9.17, 15) is 0 Å². The summed E-state index contributed by atoms with van der Waals surface area (Å²) in [4.78, 5) is 0. The molecule has 2 aromatic rings. The molecule has 0 heterocycles. The summed E-state index contributed by atoms with van der Waals surface area (Å²) in [7, 11) is 0. The third kappa shape index (κ3) is 9.68. The van der Waals surface area contributed by atoms with Crippen molar-refractivity contribution in [2.24, 2.45) is 0 Å². The lowest BCUT2D eigenvalue weighted by Crippen LogP contribution is -2.40. The molecule has 34 heavy (non-hydrogen) atoms. The van der Waals surface area contributed by atoms with Crippen molar-refractivity contribution in [1.82, 2.24) is 0 Å². The third-order valence-electron chi connectivity index (χ3n) is 5.93. The van der Waals surface area contributed by atoms with E-state index < -0.39 is 11.2 Å². The van der Waals surface area contributed by atoms with Crippen LogP contribution in [0.3, 0.4) is 0 Å². The van der Waals surface area contributed by atoms with E-state index in [0.29, 0.717) is 26.4 Å². The second-order valence-corrected chi connectivity index (χ2v) is 10.2. The van der Waals surface area contributed by atoms with Crippen molar-refractivity contribution in [3.8, 4) is 11.5 Å². The van der Waals surface area contributed by atoms with E-state index in [0.717, 1.165) is 37.2 Å². The molecule has 0 amide bonds. The van der Waals surface area contributed by atoms with Crippen LogP contribution in [0.2, 0.25) is 0 Å². The molecule has 0 fully saturated rings. The van der Waals surface area contributed by atoms with Gasteiger partial charge in [0.25, 0.3) is 0 Å². The van der Waals surface area contributed by atoms with Crippen molar-refractivity contribution in [2.75, 3.05) is 26.4 Å². The number of ether oxygens (including phenoxy) is 4. The average molecular weight is 471 g/mol. The lowest BCUT2D eigenvalue weighted by Gasteiger charge is -2.32. The highest BCUT2D eigenvalue weighted by molar-refractivity contribution is 5.35. The summed E-state index contributed by atoms with van der Waals surface area (Å²) in [6.45, 7) is 18.9. The van der Waals surface area contributed by atoms with E-state index in [2.05, 4.69) is 91.8 Å². The molecule has 0 atom stereocenters. The second-order valence-electron chi connectivity index (χ2n) is 10.2. The fourth-order valence-electron chi connectivity index (χ4n) is 3.63. The van der Waals surface area contributed by atoms with Gasteiger partial charge in [-0.25, -0.2) is 0 Å². The van der Waals surface area contributed by atoms with Gasteiger partial charge in [0.05, 0.1) is 24.4 Å². The summed E-state index contributed by atoms with van der Waals surface area (Å²) < 4.78 is 24.4. The van der Waals surface area contributed by atoms with Gasteiger partial charge in [-0.05, 0) is 99.9 Å². The highest BCUT2D eigenvalue weighted by Crippen LogP contribution is 2.22. The summed E-state index contributed by atoms with van der Waals surface area (Å²) in [5.74, 6) is 1.84. The maximum atomic E-state index is 6.21. The molecule has 2 aromatic carbocycles. The SMILES string of the molecule is CCc1cc(CC)cc(OCCOC(C)(C)COC(C)(C)COc2cc(CC)cc(CC)c2)c1. The molecule has 0 aliphatic carbocycles. The predicted octanol–water partition coefficient (Wildman–Crippen LogP) is 6.98. The van der Waals surface area contributed by atoms with E-state index >= 15 is 0 Å². The van der Waals surface area contributed by atoms with Crippen molar-refractivity contribution in [2.45, 2.75) is 92.3 Å². The number of aryl methyl sites for hydroxylation is 4. The Balaban J connectivity index is 1.79. The molecule has 0 unspecified atom stereocenters. The Bertz CT molecular complexity index is 841. The Morgan fingerprint density at radius 1 is 0.500 bits per heavy atom. The van der Waals surface area contributed by atoms with Crippen LogP contribution in [-0.4, -0.2) is 37.6 Å². The largest absolute Gasteiger partial charge is 0.491 e. The van der Waals surface area contributed by atoms with Crippen LogP contribution in [0.1, 0.15) is 77.6 Å². The van der Waals surface area contributed by atoms with Gasteiger partial charge in [-0.1, -0.05) is 39.8 Å². The molecule has 4 heteroatoms. The lowest BCUT2D eigenvalue weighted by atomic mass is 10.1. The number of hydrogen-bond acceptors (Lipinski definition) is 4. The topological polar surface area (TPSA) is 36.9 Å². The van der Waals surface area contributed by atoms with E-state index in [1.54, 1.807) is 0 Å². The highest BCUT2D eigenvalue weighted by atomic mass is 16.6. The van der Waals surface area contributed by atoms with Gasteiger partial charge in [-0.15, -0.1) is 0 Å². The van der Waals surface area contributed by atoms with Crippen LogP contribution in [0.5, 0.6) is 11.5 Å². The smallest absolute Gasteiger partial charge is 0.120 e. The lowest BCUT2D eigenvalue weighted by molar-refractivity contribution is -0.132. The molecule has 0 radical (unpaired) electrons. The summed E-state index contributed by atoms with van der Waals surface area (Å²) in [5, 5.41) is 0. The van der Waals surface area contributed by atoms with Crippen molar-refractivity contribution in [3.63, 3.8) is 0 Å². The van der Waals surface area contributed by atoms with E-state index in [4.69, 9.17) is 18.9 Å². The van der Waals surface area contributed by atoms with Gasteiger partial charge in [-0.3, -0.25) is 0 Å². The zero-order valence-electron chi connectivity index (χ0n) is 22.8. The van der Waals surface area contributed by atoms with Crippen LogP contribution in [-0.2, 0) is 35.2 Å². The van der Waals surface area contributed by atoms with Gasteiger partial charge in [0, 0.05) is 0 Å². The molecule has 0 bridgehead atoms. The van der Waals surface area contributed by atoms with E-state index in [1.165, 1.54) is 22.3 Å². The number of rotatable bonds is 15. The molecule has 4 nitrogen and oxygen atoms in total. The Kier molecular flexibility index (Phi) is 10.9. The molecular formula is C30H46O4. The molecule has 0 saturated heterocycles. The van der Waals surface area contributed by atoms with Crippen molar-refractivity contribution >= 4 is 0 Å². The van der Waals surface area contributed by atoms with Crippen LogP contribution in [0.25, 0.3) is 0 Å². The fraction of sp³-hybridized carbons (Fsp3) is 0.600. The Morgan fingerprint density at radius 2 is 0.912 bits per heavy atom. The molecule has 2 rings (SSSR count). The molecule has 190 valence electrons. The fourth-order valence-corrected chi connectivity index (χ4v) is 3.63.